The molecule has 5 heteroatoms. The monoisotopic (exact) mass is 800 g/mol. The van der Waals surface area contributed by atoms with Crippen LogP contribution in [0.3, 0.4) is 0 Å². The zero-order valence-electron chi connectivity index (χ0n) is 66.5. The van der Waals surface area contributed by atoms with Crippen LogP contribution in [0.4, 0.5) is 51.2 Å². The topological polar surface area (TPSA) is 9.72 Å². The average Bonchev–Trinajstić information content (AvgIpc) is 0.672. The first-order chi connectivity index (χ1) is 44.7. The summed E-state index contributed by atoms with van der Waals surface area (Å²) in [4.78, 5) is 1.77. The van der Waals surface area contributed by atoms with Crippen LogP contribution in [-0.2, 0) is 0 Å². The molecule has 3 aliphatic rings. The van der Waals surface area contributed by atoms with Crippen LogP contribution >= 0.6 is 0 Å². The van der Waals surface area contributed by atoms with Gasteiger partial charge >= 0.3 is 0 Å². The Morgan fingerprint density at radius 1 is 0.333 bits per heavy atom. The van der Waals surface area contributed by atoms with E-state index in [2.05, 4.69) is 0 Å². The number of benzene rings is 9. The van der Waals surface area contributed by atoms with Gasteiger partial charge in [-0.3, -0.25) is 0 Å². The normalized spacial score (nSPS) is 21.6. The number of hydrogen-bond acceptors (Lipinski definition) is 3. The smallest absolute Gasteiger partial charge is 0.252 e. The van der Waals surface area contributed by atoms with E-state index >= 15 is 0 Å². The maximum absolute atomic E-state index is 10.9. The Morgan fingerprint density at radius 2 is 0.683 bits per heavy atom. The molecule has 3 nitrogen and oxygen atoms in total. The van der Waals surface area contributed by atoms with Gasteiger partial charge in [-0.2, -0.15) is 0 Å². The highest BCUT2D eigenvalue weighted by Crippen LogP contribution is 2.46. The molecule has 0 bridgehead atoms. The second-order valence-corrected chi connectivity index (χ2v) is 13.4. The molecule has 0 saturated carbocycles. The Kier molecular flexibility index (Phi) is 3.24. The van der Waals surface area contributed by atoms with Gasteiger partial charge in [0, 0.05) is 51.2 Å². The summed E-state index contributed by atoms with van der Waals surface area (Å²) in [5.74, 6) is 0. The minimum Gasteiger partial charge on any atom is -0.312 e. The van der Waals surface area contributed by atoms with E-state index in [0.29, 0.717) is 14.7 Å². The molecule has 12 rings (SSSR count). The molecule has 0 saturated heterocycles. The average molecular weight is 800 g/mol. The third-order valence-corrected chi connectivity index (χ3v) is 10.2. The zero-order valence-corrected chi connectivity index (χ0v) is 30.5. The van der Waals surface area contributed by atoms with E-state index < -0.39 is 326 Å². The van der Waals surface area contributed by atoms with Crippen LogP contribution in [0.1, 0.15) is 54.9 Å². The van der Waals surface area contributed by atoms with Crippen molar-refractivity contribution >= 4 is 97.4 Å². The van der Waals surface area contributed by atoms with Crippen molar-refractivity contribution in [3.63, 3.8) is 0 Å². The summed E-state index contributed by atoms with van der Waals surface area (Å²) in [6.45, 7) is -3.50. The molecule has 0 amide bonds. The third kappa shape index (κ3) is 5.25. The van der Waals surface area contributed by atoms with Crippen molar-refractivity contribution in [3.8, 4) is 11.1 Å². The van der Waals surface area contributed by atoms with E-state index in [4.69, 9.17) is 21.9 Å². The van der Waals surface area contributed by atoms with Gasteiger partial charge in [-0.25, -0.2) is 0 Å². The number of para-hydroxylation sites is 6. The maximum Gasteiger partial charge on any atom is 0.252 e. The molecule has 9 aromatic carbocycles. The summed E-state index contributed by atoms with van der Waals surface area (Å²) < 4.78 is 338. The van der Waals surface area contributed by atoms with Crippen molar-refractivity contribution in [2.75, 3.05) is 14.7 Å². The Balaban J connectivity index is 1.40. The first-order valence-corrected chi connectivity index (χ1v) is 18.0. The molecule has 3 aliphatic heterocycles. The molecule has 0 spiro atoms. The first-order valence-electron chi connectivity index (χ1n) is 36.0. The standard InChI is InChI=1S/C55H39B2N3/c1-38-32-34-42(35-33-38)60-52-31-17-13-27-48(52)57-47-26-12-16-30-51(47)59(41-20-6-3-7-21-41)53-36-39(37-54(60)55(53)57)43-22-8-9-23-44(43)56-45-24-10-14-28-49(45)58(40-18-4-2-5-19-40)50-29-15-11-25-46(50)56/h2-37H,1H3/i2D,3D,4D,5D,6D,7D,8D,9D,10D,11D,12D,13D,14D,15D,16D,17D,18D,19D,20D,21D,22D,23D,24D,25D,26D,27D,28D,29D,30D,31D,32D,33D,34D,35D,36D,37D. The van der Waals surface area contributed by atoms with E-state index in [-0.39, 0.29) is 5.56 Å². The summed E-state index contributed by atoms with van der Waals surface area (Å²) in [6.07, 6.45) is 0. The van der Waals surface area contributed by atoms with Gasteiger partial charge in [0.25, 0.3) is 6.71 Å². The van der Waals surface area contributed by atoms with E-state index in [9.17, 15) is 27.4 Å². The van der Waals surface area contributed by atoms with Gasteiger partial charge in [-0.15, -0.1) is 0 Å². The highest BCUT2D eigenvalue weighted by atomic mass is 15.2. The van der Waals surface area contributed by atoms with Gasteiger partial charge < -0.3 is 14.7 Å². The molecule has 3 heterocycles. The minimum atomic E-state index is -2.52. The van der Waals surface area contributed by atoms with Crippen LogP contribution in [0.15, 0.2) is 218 Å². The number of rotatable bonds is 5. The molecule has 0 aliphatic carbocycles. The molecule has 280 valence electrons. The molecule has 60 heavy (non-hydrogen) atoms. The Labute approximate surface area is 403 Å². The number of anilines is 9. The molecular formula is C55H39B2N3. The van der Waals surface area contributed by atoms with Gasteiger partial charge in [0.15, 0.2) is 0 Å². The van der Waals surface area contributed by atoms with Crippen molar-refractivity contribution in [1.82, 2.24) is 0 Å². The highest BCUT2D eigenvalue weighted by molar-refractivity contribution is 7.00. The second-order valence-electron chi connectivity index (χ2n) is 13.4. The van der Waals surface area contributed by atoms with Crippen LogP contribution in [0.5, 0.6) is 0 Å². The minimum absolute atomic E-state index is 0.300. The number of fused-ring (bicyclic) bond motifs is 6. The lowest BCUT2D eigenvalue weighted by Crippen LogP contribution is -2.61. The molecule has 9 aromatic rings. The van der Waals surface area contributed by atoms with Crippen molar-refractivity contribution in [3.05, 3.63) is 223 Å². The van der Waals surface area contributed by atoms with Gasteiger partial charge in [-0.1, -0.05) is 156 Å². The zero-order chi connectivity index (χ0) is 71.1. The van der Waals surface area contributed by atoms with Crippen molar-refractivity contribution in [2.24, 2.45) is 0 Å². The largest absolute Gasteiger partial charge is 0.312 e. The predicted molar refractivity (Wildman–Crippen MR) is 256 cm³/mol. The molecule has 0 atom stereocenters. The molecular weight excluding hydrogens is 724 g/mol. The summed E-state index contributed by atoms with van der Waals surface area (Å²) in [6, 6.07) is -39.8. The summed E-state index contributed by atoms with van der Waals surface area (Å²) in [5, 5.41) is 0. The quantitative estimate of drug-likeness (QED) is 0.161. The van der Waals surface area contributed by atoms with Crippen LogP contribution in [0, 0.1) is 6.92 Å². The number of hydrogen-bond donors (Lipinski definition) is 0. The summed E-state index contributed by atoms with van der Waals surface area (Å²) in [7, 11) is 0. The Morgan fingerprint density at radius 3 is 1.15 bits per heavy atom. The predicted octanol–water partition coefficient (Wildman–Crippen LogP) is 10.0. The van der Waals surface area contributed by atoms with Crippen LogP contribution in [-0.4, -0.2) is 13.4 Å². The lowest BCUT2D eigenvalue weighted by atomic mass is 9.33. The van der Waals surface area contributed by atoms with Gasteiger partial charge in [0.1, 0.15) is 0 Å². The van der Waals surface area contributed by atoms with Crippen LogP contribution < -0.4 is 47.5 Å². The molecule has 0 unspecified atom stereocenters. The molecule has 0 radical (unpaired) electrons. The fourth-order valence-corrected chi connectivity index (χ4v) is 7.87. The Bertz CT molecular complexity index is 4880. The van der Waals surface area contributed by atoms with E-state index in [1.807, 2.05) is 0 Å². The summed E-state index contributed by atoms with van der Waals surface area (Å²) >= 11 is 0. The third-order valence-electron chi connectivity index (χ3n) is 10.2. The Hall–Kier alpha value is -7.49. The summed E-state index contributed by atoms with van der Waals surface area (Å²) in [5.41, 5.74) is -16.2. The lowest BCUT2D eigenvalue weighted by molar-refractivity contribution is 1.25. The van der Waals surface area contributed by atoms with Gasteiger partial charge in [-0.05, 0) is 118 Å². The van der Waals surface area contributed by atoms with E-state index in [1.165, 1.54) is 6.92 Å². The number of nitrogens with zero attached hydrogens (tertiary/aromatic N) is 3. The van der Waals surface area contributed by atoms with Gasteiger partial charge in [0.05, 0.1) is 49.3 Å². The maximum atomic E-state index is 10.9. The molecule has 0 fully saturated rings. The SMILES string of the molecule is [2H]c1c([2H])c([2H])c(N2c3c([2H])c([2H])c([2H])c([2H])c3B(c3c([2H])c([2H])c([2H])c([2H])c3-c3c([2H])c4c5c(c3[2H])N(c3c([2H])c([2H])c(C)c([2H])c3[2H])c3c([2H])c([2H])c([2H])c([2H])c3B5c3c([2H])c([2H])c([2H])c([2H])c3N4c3c([2H])c([2H])c([2H])c([2H])c3[2H])c3c([2H])c([2H])c([2H])c([2H])c32)c([2H])c1[2H]. The van der Waals surface area contributed by atoms with Crippen LogP contribution in [0.2, 0.25) is 0 Å². The van der Waals surface area contributed by atoms with Crippen LogP contribution in [0.25, 0.3) is 11.1 Å². The molecule has 0 N–H and O–H groups in total. The van der Waals surface area contributed by atoms with E-state index in [0.717, 1.165) is 0 Å². The van der Waals surface area contributed by atoms with E-state index in [1.54, 1.807) is 0 Å². The van der Waals surface area contributed by atoms with Crippen molar-refractivity contribution in [2.45, 2.75) is 6.92 Å². The molecule has 0 aromatic heterocycles. The highest BCUT2D eigenvalue weighted by Gasteiger charge is 2.44. The first kappa shape index (κ1) is 14.1. The van der Waals surface area contributed by atoms with Crippen molar-refractivity contribution < 1.29 is 49.3 Å². The van der Waals surface area contributed by atoms with Crippen molar-refractivity contribution in [1.29, 1.82) is 0 Å². The lowest BCUT2D eigenvalue weighted by Gasteiger charge is -2.44. The second kappa shape index (κ2) is 13.8. The fraction of sp³-hybridized carbons (Fsp3) is 0.0182. The van der Waals surface area contributed by atoms with Gasteiger partial charge in [0.2, 0.25) is 6.71 Å². The fourth-order valence-electron chi connectivity index (χ4n) is 7.87.